The van der Waals surface area contributed by atoms with Crippen LogP contribution in [0.4, 0.5) is 18.9 Å². The van der Waals surface area contributed by atoms with Crippen LogP contribution >= 0.6 is 15.9 Å². The second-order valence-electron chi connectivity index (χ2n) is 4.44. The van der Waals surface area contributed by atoms with Crippen molar-refractivity contribution in [2.75, 3.05) is 5.32 Å². The average Bonchev–Trinajstić information content (AvgIpc) is 2.65. The molecule has 2 aromatic rings. The lowest BCUT2D eigenvalue weighted by molar-refractivity contribution is -0.274. The number of halogens is 4. The van der Waals surface area contributed by atoms with Gasteiger partial charge in [0.25, 0.3) is 0 Å². The van der Waals surface area contributed by atoms with Crippen LogP contribution in [0.25, 0.3) is 0 Å². The first-order valence-corrected chi connectivity index (χ1v) is 6.82. The third-order valence-electron chi connectivity index (χ3n) is 2.73. The van der Waals surface area contributed by atoms with Gasteiger partial charge in [-0.25, -0.2) is 0 Å². The quantitative estimate of drug-likeness (QED) is 0.892. The third kappa shape index (κ3) is 4.38. The summed E-state index contributed by atoms with van der Waals surface area (Å²) in [5.41, 5.74) is 1.96. The number of benzene rings is 1. The summed E-state index contributed by atoms with van der Waals surface area (Å²) in [6.45, 7) is 2.19. The summed E-state index contributed by atoms with van der Waals surface area (Å²) in [4.78, 5) is 0. The lowest BCUT2D eigenvalue weighted by atomic mass is 10.3. The predicted octanol–water partition coefficient (Wildman–Crippen LogP) is 4.00. The van der Waals surface area contributed by atoms with Crippen molar-refractivity contribution in [1.29, 1.82) is 0 Å². The van der Waals surface area contributed by atoms with Crippen LogP contribution in [0.1, 0.15) is 11.4 Å². The average molecular weight is 364 g/mol. The largest absolute Gasteiger partial charge is 0.573 e. The Balaban J connectivity index is 2.17. The Morgan fingerprint density at radius 2 is 2.05 bits per heavy atom. The van der Waals surface area contributed by atoms with Gasteiger partial charge in [0.1, 0.15) is 0 Å². The summed E-state index contributed by atoms with van der Waals surface area (Å²) < 4.78 is 43.4. The molecule has 0 saturated carbocycles. The summed E-state index contributed by atoms with van der Waals surface area (Å²) >= 11 is 3.13. The van der Waals surface area contributed by atoms with E-state index in [4.69, 9.17) is 0 Å². The predicted molar refractivity (Wildman–Crippen MR) is 76.1 cm³/mol. The number of aryl methyl sites for hydroxylation is 2. The topological polar surface area (TPSA) is 39.1 Å². The summed E-state index contributed by atoms with van der Waals surface area (Å²) in [6, 6.07) is 6.29. The Hall–Kier alpha value is -1.70. The first kappa shape index (κ1) is 15.7. The van der Waals surface area contributed by atoms with Gasteiger partial charge in [-0.1, -0.05) is 15.9 Å². The molecule has 1 N–H and O–H groups in total. The minimum atomic E-state index is -4.74. The first-order valence-electron chi connectivity index (χ1n) is 6.03. The van der Waals surface area contributed by atoms with E-state index < -0.39 is 6.36 Å². The number of nitrogens with one attached hydrogen (secondary N) is 1. The molecule has 0 fully saturated rings. The maximum atomic E-state index is 12.4. The summed E-state index contributed by atoms with van der Waals surface area (Å²) in [5, 5.41) is 7.10. The van der Waals surface area contributed by atoms with E-state index in [0.29, 0.717) is 11.0 Å². The number of ether oxygens (including phenoxy) is 1. The number of hydrogen-bond donors (Lipinski definition) is 1. The molecule has 0 saturated heterocycles. The molecule has 0 aliphatic carbocycles. The van der Waals surface area contributed by atoms with Gasteiger partial charge in [0.2, 0.25) is 0 Å². The SMILES string of the molecule is Cc1cc(CNc2ccc(Br)cc2OC(F)(F)F)n(C)n1. The Labute approximate surface area is 128 Å². The van der Waals surface area contributed by atoms with Gasteiger partial charge in [0.05, 0.1) is 23.6 Å². The van der Waals surface area contributed by atoms with Crippen LogP contribution in [-0.4, -0.2) is 16.1 Å². The van der Waals surface area contributed by atoms with Crippen LogP contribution in [-0.2, 0) is 13.6 Å². The first-order chi connectivity index (χ1) is 9.74. The molecule has 0 bridgehead atoms. The second kappa shape index (κ2) is 5.97. The fraction of sp³-hybridized carbons (Fsp3) is 0.308. The highest BCUT2D eigenvalue weighted by atomic mass is 79.9. The van der Waals surface area contributed by atoms with E-state index in [2.05, 4.69) is 31.1 Å². The fourth-order valence-electron chi connectivity index (χ4n) is 1.87. The molecule has 0 radical (unpaired) electrons. The van der Waals surface area contributed by atoms with E-state index in [9.17, 15) is 13.2 Å². The third-order valence-corrected chi connectivity index (χ3v) is 3.22. The van der Waals surface area contributed by atoms with Crippen molar-refractivity contribution in [3.05, 3.63) is 40.1 Å². The van der Waals surface area contributed by atoms with Crippen molar-refractivity contribution in [1.82, 2.24) is 9.78 Å². The van der Waals surface area contributed by atoms with Crippen molar-refractivity contribution >= 4 is 21.6 Å². The zero-order valence-electron chi connectivity index (χ0n) is 11.3. The molecule has 0 aliphatic rings. The number of alkyl halides is 3. The number of nitrogens with zero attached hydrogens (tertiary/aromatic N) is 2. The number of anilines is 1. The minimum absolute atomic E-state index is 0.259. The van der Waals surface area contributed by atoms with Crippen LogP contribution in [0.5, 0.6) is 5.75 Å². The van der Waals surface area contributed by atoms with Gasteiger partial charge in [0.15, 0.2) is 5.75 Å². The molecular weight excluding hydrogens is 351 g/mol. The van der Waals surface area contributed by atoms with Gasteiger partial charge < -0.3 is 10.1 Å². The Morgan fingerprint density at radius 1 is 1.33 bits per heavy atom. The molecule has 0 spiro atoms. The Bertz CT molecular complexity index is 640. The van der Waals surface area contributed by atoms with E-state index >= 15 is 0 Å². The highest BCUT2D eigenvalue weighted by Crippen LogP contribution is 2.33. The molecule has 0 amide bonds. The second-order valence-corrected chi connectivity index (χ2v) is 5.36. The highest BCUT2D eigenvalue weighted by Gasteiger charge is 2.32. The molecule has 8 heteroatoms. The molecule has 4 nitrogen and oxygen atoms in total. The maximum absolute atomic E-state index is 12.4. The lowest BCUT2D eigenvalue weighted by Crippen LogP contribution is -2.18. The molecule has 21 heavy (non-hydrogen) atoms. The summed E-state index contributed by atoms with van der Waals surface area (Å²) in [6.07, 6.45) is -4.74. The van der Waals surface area contributed by atoms with Gasteiger partial charge >= 0.3 is 6.36 Å². The van der Waals surface area contributed by atoms with Crippen molar-refractivity contribution in [3.8, 4) is 5.75 Å². The molecular formula is C13H13BrF3N3O. The van der Waals surface area contributed by atoms with Gasteiger partial charge in [-0.05, 0) is 31.2 Å². The zero-order valence-corrected chi connectivity index (χ0v) is 12.9. The van der Waals surface area contributed by atoms with Crippen molar-refractivity contribution in [3.63, 3.8) is 0 Å². The Kier molecular flexibility index (Phi) is 4.46. The van der Waals surface area contributed by atoms with Crippen LogP contribution in [0.3, 0.4) is 0 Å². The lowest BCUT2D eigenvalue weighted by Gasteiger charge is -2.15. The van der Waals surface area contributed by atoms with Crippen LogP contribution in [0.15, 0.2) is 28.7 Å². The smallest absolute Gasteiger partial charge is 0.404 e. The van der Waals surface area contributed by atoms with Crippen LogP contribution in [0, 0.1) is 6.92 Å². The van der Waals surface area contributed by atoms with Gasteiger partial charge in [0, 0.05) is 11.5 Å². The number of rotatable bonds is 4. The Morgan fingerprint density at radius 3 is 2.62 bits per heavy atom. The number of hydrogen-bond acceptors (Lipinski definition) is 3. The maximum Gasteiger partial charge on any atom is 0.573 e. The van der Waals surface area contributed by atoms with Crippen molar-refractivity contribution < 1.29 is 17.9 Å². The summed E-state index contributed by atoms with van der Waals surface area (Å²) in [5.74, 6) is -0.282. The highest BCUT2D eigenvalue weighted by molar-refractivity contribution is 9.10. The summed E-state index contributed by atoms with van der Waals surface area (Å²) in [7, 11) is 1.78. The molecule has 0 atom stereocenters. The van der Waals surface area contributed by atoms with E-state index in [-0.39, 0.29) is 11.4 Å². The van der Waals surface area contributed by atoms with Crippen LogP contribution in [0.2, 0.25) is 0 Å². The van der Waals surface area contributed by atoms with Crippen molar-refractivity contribution in [2.24, 2.45) is 7.05 Å². The molecule has 1 aromatic carbocycles. The standard InChI is InChI=1S/C13H13BrF3N3O/c1-8-5-10(20(2)19-8)7-18-11-4-3-9(14)6-12(11)21-13(15,16)17/h3-6,18H,7H2,1-2H3. The van der Waals surface area contributed by atoms with E-state index in [1.807, 2.05) is 13.0 Å². The normalized spacial score (nSPS) is 11.5. The molecule has 1 heterocycles. The van der Waals surface area contributed by atoms with Crippen molar-refractivity contribution in [2.45, 2.75) is 19.8 Å². The molecule has 1 aromatic heterocycles. The fourth-order valence-corrected chi connectivity index (χ4v) is 2.21. The van der Waals surface area contributed by atoms with Gasteiger partial charge in [-0.15, -0.1) is 13.2 Å². The minimum Gasteiger partial charge on any atom is -0.404 e. The van der Waals surface area contributed by atoms with Gasteiger partial charge in [-0.2, -0.15) is 5.10 Å². The molecule has 0 unspecified atom stereocenters. The van der Waals surface area contributed by atoms with E-state index in [1.54, 1.807) is 17.8 Å². The monoisotopic (exact) mass is 363 g/mol. The van der Waals surface area contributed by atoms with E-state index in [0.717, 1.165) is 11.4 Å². The molecule has 0 aliphatic heterocycles. The zero-order chi connectivity index (χ0) is 15.6. The molecule has 2 rings (SSSR count). The van der Waals surface area contributed by atoms with E-state index in [1.165, 1.54) is 12.1 Å². The van der Waals surface area contributed by atoms with Crippen LogP contribution < -0.4 is 10.1 Å². The number of aromatic nitrogens is 2. The molecule has 114 valence electrons. The van der Waals surface area contributed by atoms with Gasteiger partial charge in [-0.3, -0.25) is 4.68 Å².